The van der Waals surface area contributed by atoms with Crippen molar-refractivity contribution in [3.8, 4) is 11.4 Å². The number of anilines is 2. The molecule has 0 radical (unpaired) electrons. The number of hydrogen-bond acceptors (Lipinski definition) is 4. The zero-order valence-corrected chi connectivity index (χ0v) is 8.75. The molecule has 14 heavy (non-hydrogen) atoms. The molecule has 0 bridgehead atoms. The molecule has 0 aliphatic carbocycles. The van der Waals surface area contributed by atoms with Gasteiger partial charge in [0.1, 0.15) is 0 Å². The van der Waals surface area contributed by atoms with E-state index in [1.807, 2.05) is 6.07 Å². The molecule has 0 aliphatic rings. The van der Waals surface area contributed by atoms with Gasteiger partial charge in [-0.05, 0) is 18.2 Å². The van der Waals surface area contributed by atoms with Gasteiger partial charge in [0.2, 0.25) is 5.95 Å². The summed E-state index contributed by atoms with van der Waals surface area (Å²) >= 11 is 3.39. The van der Waals surface area contributed by atoms with Gasteiger partial charge < -0.3 is 11.5 Å². The zero-order chi connectivity index (χ0) is 10.1. The number of H-pyrrole nitrogens is 1. The van der Waals surface area contributed by atoms with Crippen molar-refractivity contribution in [1.82, 2.24) is 15.2 Å². The fourth-order valence-electron chi connectivity index (χ4n) is 1.12. The highest BCUT2D eigenvalue weighted by molar-refractivity contribution is 9.10. The van der Waals surface area contributed by atoms with E-state index in [2.05, 4.69) is 31.1 Å². The van der Waals surface area contributed by atoms with Gasteiger partial charge in [0.05, 0.1) is 0 Å². The van der Waals surface area contributed by atoms with Crippen LogP contribution in [0.15, 0.2) is 22.7 Å². The van der Waals surface area contributed by atoms with Gasteiger partial charge in [-0.2, -0.15) is 4.98 Å². The van der Waals surface area contributed by atoms with Crippen LogP contribution in [0.1, 0.15) is 0 Å². The van der Waals surface area contributed by atoms with Crippen LogP contribution < -0.4 is 11.5 Å². The summed E-state index contributed by atoms with van der Waals surface area (Å²) in [5.41, 5.74) is 12.6. The number of nitrogens with one attached hydrogen (secondary N) is 1. The van der Waals surface area contributed by atoms with E-state index in [1.165, 1.54) is 0 Å². The molecule has 0 atom stereocenters. The molecule has 0 aliphatic heterocycles. The Bertz CT molecular complexity index is 465. The van der Waals surface area contributed by atoms with Crippen molar-refractivity contribution in [3.05, 3.63) is 22.7 Å². The third-order valence-electron chi connectivity index (χ3n) is 1.75. The van der Waals surface area contributed by atoms with Gasteiger partial charge in [0.25, 0.3) is 0 Å². The van der Waals surface area contributed by atoms with Crippen LogP contribution in [0.2, 0.25) is 0 Å². The summed E-state index contributed by atoms with van der Waals surface area (Å²) < 4.78 is 0.892. The Morgan fingerprint density at radius 2 is 2.07 bits per heavy atom. The lowest BCUT2D eigenvalue weighted by Gasteiger charge is -2.01. The summed E-state index contributed by atoms with van der Waals surface area (Å²) in [6.45, 7) is 0. The van der Waals surface area contributed by atoms with Crippen LogP contribution >= 0.6 is 15.9 Å². The first-order chi connectivity index (χ1) is 6.66. The van der Waals surface area contributed by atoms with E-state index in [4.69, 9.17) is 11.5 Å². The Labute approximate surface area is 88.7 Å². The second-order valence-electron chi connectivity index (χ2n) is 2.78. The van der Waals surface area contributed by atoms with Crippen LogP contribution in [0, 0.1) is 0 Å². The average Bonchev–Trinajstić information content (AvgIpc) is 2.56. The van der Waals surface area contributed by atoms with E-state index in [9.17, 15) is 0 Å². The second-order valence-corrected chi connectivity index (χ2v) is 3.64. The average molecular weight is 254 g/mol. The second kappa shape index (κ2) is 3.30. The van der Waals surface area contributed by atoms with Crippen molar-refractivity contribution in [2.24, 2.45) is 0 Å². The van der Waals surface area contributed by atoms with E-state index in [-0.39, 0.29) is 5.95 Å². The van der Waals surface area contributed by atoms with Crippen molar-refractivity contribution >= 4 is 27.6 Å². The molecule has 72 valence electrons. The van der Waals surface area contributed by atoms with Gasteiger partial charge in [0, 0.05) is 15.7 Å². The van der Waals surface area contributed by atoms with E-state index in [0.717, 1.165) is 10.0 Å². The third kappa shape index (κ3) is 1.56. The quantitative estimate of drug-likeness (QED) is 0.670. The van der Waals surface area contributed by atoms with Gasteiger partial charge in [-0.1, -0.05) is 15.9 Å². The fourth-order valence-corrected chi connectivity index (χ4v) is 1.55. The topological polar surface area (TPSA) is 93.6 Å². The highest BCUT2D eigenvalue weighted by Crippen LogP contribution is 2.27. The van der Waals surface area contributed by atoms with Gasteiger partial charge in [-0.25, -0.2) is 0 Å². The molecular formula is C8H8BrN5. The summed E-state index contributed by atoms with van der Waals surface area (Å²) in [5.74, 6) is 0.816. The maximum absolute atomic E-state index is 5.66. The predicted octanol–water partition coefficient (Wildman–Crippen LogP) is 1.40. The number of benzene rings is 1. The summed E-state index contributed by atoms with van der Waals surface area (Å²) in [4.78, 5) is 4.01. The minimum Gasteiger partial charge on any atom is -0.399 e. The minimum atomic E-state index is 0.217. The first-order valence-electron chi connectivity index (χ1n) is 3.90. The molecule has 0 fully saturated rings. The smallest absolute Gasteiger partial charge is 0.239 e. The highest BCUT2D eigenvalue weighted by Gasteiger charge is 2.07. The number of rotatable bonds is 1. The first kappa shape index (κ1) is 9.01. The SMILES string of the molecule is Nc1ccc(Br)c(-c2nc(N)n[nH]2)c1. The molecular weight excluding hydrogens is 246 g/mol. The molecule has 0 spiro atoms. The molecule has 1 aromatic heterocycles. The van der Waals surface area contributed by atoms with Gasteiger partial charge in [-0.15, -0.1) is 5.10 Å². The predicted molar refractivity (Wildman–Crippen MR) is 58.3 cm³/mol. The summed E-state index contributed by atoms with van der Waals surface area (Å²) in [7, 11) is 0. The standard InChI is InChI=1S/C8H8BrN5/c9-6-2-1-4(10)3-5(6)7-12-8(11)14-13-7/h1-3H,10H2,(H3,11,12,13,14). The van der Waals surface area contributed by atoms with Crippen molar-refractivity contribution in [3.63, 3.8) is 0 Å². The minimum absolute atomic E-state index is 0.217. The normalized spacial score (nSPS) is 10.4. The molecule has 1 heterocycles. The number of nitrogen functional groups attached to an aromatic ring is 2. The van der Waals surface area contributed by atoms with Crippen molar-refractivity contribution in [1.29, 1.82) is 0 Å². The molecule has 2 aromatic rings. The Kier molecular flexibility index (Phi) is 2.12. The van der Waals surface area contributed by atoms with E-state index >= 15 is 0 Å². The number of aromatic amines is 1. The largest absolute Gasteiger partial charge is 0.399 e. The Hall–Kier alpha value is -1.56. The number of nitrogens with zero attached hydrogens (tertiary/aromatic N) is 2. The van der Waals surface area contributed by atoms with Crippen molar-refractivity contribution in [2.45, 2.75) is 0 Å². The van der Waals surface area contributed by atoms with Crippen LogP contribution in [0.5, 0.6) is 0 Å². The third-order valence-corrected chi connectivity index (χ3v) is 2.44. The maximum Gasteiger partial charge on any atom is 0.239 e. The summed E-state index contributed by atoms with van der Waals surface area (Å²) in [6.07, 6.45) is 0. The lowest BCUT2D eigenvalue weighted by molar-refractivity contribution is 1.10. The number of nitrogens with two attached hydrogens (primary N) is 2. The van der Waals surface area contributed by atoms with Crippen LogP contribution in [0.4, 0.5) is 11.6 Å². The first-order valence-corrected chi connectivity index (χ1v) is 4.69. The molecule has 6 heteroatoms. The van der Waals surface area contributed by atoms with E-state index in [1.54, 1.807) is 12.1 Å². The molecule has 0 amide bonds. The summed E-state index contributed by atoms with van der Waals surface area (Å²) in [6, 6.07) is 5.45. The lowest BCUT2D eigenvalue weighted by atomic mass is 10.2. The van der Waals surface area contributed by atoms with Gasteiger partial charge >= 0.3 is 0 Å². The lowest BCUT2D eigenvalue weighted by Crippen LogP contribution is -1.89. The Morgan fingerprint density at radius 3 is 2.71 bits per heavy atom. The molecule has 2 rings (SSSR count). The van der Waals surface area contributed by atoms with E-state index < -0.39 is 0 Å². The Morgan fingerprint density at radius 1 is 1.29 bits per heavy atom. The van der Waals surface area contributed by atoms with Gasteiger partial charge in [0.15, 0.2) is 5.82 Å². The van der Waals surface area contributed by atoms with Crippen LogP contribution in [-0.4, -0.2) is 15.2 Å². The number of halogens is 1. The molecule has 0 unspecified atom stereocenters. The van der Waals surface area contributed by atoms with Crippen LogP contribution in [0.3, 0.4) is 0 Å². The number of aromatic nitrogens is 3. The fraction of sp³-hybridized carbons (Fsp3) is 0. The monoisotopic (exact) mass is 253 g/mol. The van der Waals surface area contributed by atoms with Crippen LogP contribution in [0.25, 0.3) is 11.4 Å². The van der Waals surface area contributed by atoms with Crippen LogP contribution in [-0.2, 0) is 0 Å². The highest BCUT2D eigenvalue weighted by atomic mass is 79.9. The van der Waals surface area contributed by atoms with Crippen molar-refractivity contribution < 1.29 is 0 Å². The van der Waals surface area contributed by atoms with Crippen molar-refractivity contribution in [2.75, 3.05) is 11.5 Å². The molecule has 5 nitrogen and oxygen atoms in total. The molecule has 1 aromatic carbocycles. The van der Waals surface area contributed by atoms with E-state index in [0.29, 0.717) is 11.5 Å². The summed E-state index contributed by atoms with van der Waals surface area (Å²) in [5, 5.41) is 6.46. The van der Waals surface area contributed by atoms with Gasteiger partial charge in [-0.3, -0.25) is 5.10 Å². The number of hydrogen-bond donors (Lipinski definition) is 3. The zero-order valence-electron chi connectivity index (χ0n) is 7.16. The molecule has 5 N–H and O–H groups in total. The molecule has 0 saturated carbocycles. The molecule has 0 saturated heterocycles. The maximum atomic E-state index is 5.66. The Balaban J connectivity index is 2.55.